The van der Waals surface area contributed by atoms with Crippen molar-refractivity contribution in [3.63, 3.8) is 0 Å². The molecule has 0 saturated heterocycles. The molecule has 0 heterocycles. The smallest absolute Gasteiger partial charge is 0.255 e. The summed E-state index contributed by atoms with van der Waals surface area (Å²) in [6.45, 7) is 1.95. The Morgan fingerprint density at radius 1 is 1.21 bits per heavy atom. The molecule has 0 aliphatic heterocycles. The molecule has 0 fully saturated rings. The second-order valence-corrected chi connectivity index (χ2v) is 5.08. The van der Waals surface area contributed by atoms with Crippen LogP contribution in [0, 0.1) is 6.92 Å². The number of nitrogens with one attached hydrogen (secondary N) is 1. The minimum absolute atomic E-state index is 0.153. The first-order chi connectivity index (χ1) is 9.10. The number of hydrogen-bond acceptors (Lipinski definition) is 2. The highest BCUT2D eigenvalue weighted by Gasteiger charge is 2.10. The highest BCUT2D eigenvalue weighted by Crippen LogP contribution is 2.28. The molecule has 0 unspecified atom stereocenters. The van der Waals surface area contributed by atoms with Crippen LogP contribution in [0.3, 0.4) is 0 Å². The third-order valence-corrected chi connectivity index (χ3v) is 3.18. The maximum absolute atomic E-state index is 12.2. The van der Waals surface area contributed by atoms with Gasteiger partial charge in [-0.2, -0.15) is 0 Å². The van der Waals surface area contributed by atoms with E-state index >= 15 is 0 Å². The Hall–Kier alpha value is -1.81. The van der Waals surface area contributed by atoms with Gasteiger partial charge in [0.15, 0.2) is 0 Å². The molecule has 0 saturated carbocycles. The van der Waals surface area contributed by atoms with Gasteiger partial charge < -0.3 is 10.1 Å². The van der Waals surface area contributed by atoms with Gasteiger partial charge in [0, 0.05) is 10.0 Å². The van der Waals surface area contributed by atoms with Gasteiger partial charge in [0.2, 0.25) is 0 Å². The summed E-state index contributed by atoms with van der Waals surface area (Å²) >= 11 is 3.38. The van der Waals surface area contributed by atoms with Gasteiger partial charge in [0.05, 0.1) is 12.8 Å². The number of rotatable bonds is 3. The first kappa shape index (κ1) is 13.6. The van der Waals surface area contributed by atoms with Gasteiger partial charge in [-0.05, 0) is 37.3 Å². The van der Waals surface area contributed by atoms with Crippen LogP contribution in [0.5, 0.6) is 5.75 Å². The van der Waals surface area contributed by atoms with Gasteiger partial charge >= 0.3 is 0 Å². The molecule has 0 radical (unpaired) electrons. The van der Waals surface area contributed by atoms with Crippen LogP contribution < -0.4 is 10.1 Å². The molecule has 3 nitrogen and oxygen atoms in total. The van der Waals surface area contributed by atoms with Crippen molar-refractivity contribution in [2.24, 2.45) is 0 Å². The lowest BCUT2D eigenvalue weighted by atomic mass is 10.1. The number of hydrogen-bond donors (Lipinski definition) is 1. The van der Waals surface area contributed by atoms with Crippen molar-refractivity contribution in [3.8, 4) is 5.75 Å². The van der Waals surface area contributed by atoms with Crippen LogP contribution in [-0.4, -0.2) is 13.0 Å². The SMILES string of the molecule is COc1ccc(Br)cc1NC(=O)c1cccc(C)c1. The van der Waals surface area contributed by atoms with E-state index in [1.807, 2.05) is 37.3 Å². The molecule has 19 heavy (non-hydrogen) atoms. The van der Waals surface area contributed by atoms with E-state index in [4.69, 9.17) is 4.74 Å². The second-order valence-electron chi connectivity index (χ2n) is 4.17. The summed E-state index contributed by atoms with van der Waals surface area (Å²) < 4.78 is 6.11. The lowest BCUT2D eigenvalue weighted by Crippen LogP contribution is -2.12. The van der Waals surface area contributed by atoms with Gasteiger partial charge in [-0.1, -0.05) is 33.6 Å². The Kier molecular flexibility index (Phi) is 4.22. The number of aryl methyl sites for hydroxylation is 1. The molecule has 2 aromatic carbocycles. The van der Waals surface area contributed by atoms with E-state index in [1.54, 1.807) is 19.2 Å². The number of ether oxygens (including phenoxy) is 1. The molecule has 0 aliphatic rings. The lowest BCUT2D eigenvalue weighted by molar-refractivity contribution is 0.102. The van der Waals surface area contributed by atoms with Crippen LogP contribution in [-0.2, 0) is 0 Å². The standard InChI is InChI=1S/C15H14BrNO2/c1-10-4-3-5-11(8-10)15(18)17-13-9-12(16)6-7-14(13)19-2/h3-9H,1-2H3,(H,17,18). The number of anilines is 1. The minimum Gasteiger partial charge on any atom is -0.495 e. The predicted octanol–water partition coefficient (Wildman–Crippen LogP) is 4.02. The zero-order chi connectivity index (χ0) is 13.8. The molecule has 98 valence electrons. The molecular formula is C15H14BrNO2. The molecule has 1 N–H and O–H groups in total. The van der Waals surface area contributed by atoms with E-state index in [0.29, 0.717) is 17.0 Å². The van der Waals surface area contributed by atoms with Crippen molar-refractivity contribution in [2.45, 2.75) is 6.92 Å². The zero-order valence-electron chi connectivity index (χ0n) is 10.7. The summed E-state index contributed by atoms with van der Waals surface area (Å²) in [5.74, 6) is 0.476. The number of methoxy groups -OCH3 is 1. The fraction of sp³-hybridized carbons (Fsp3) is 0.133. The maximum Gasteiger partial charge on any atom is 0.255 e. The molecular weight excluding hydrogens is 306 g/mol. The van der Waals surface area contributed by atoms with Gasteiger partial charge in [-0.15, -0.1) is 0 Å². The highest BCUT2D eigenvalue weighted by atomic mass is 79.9. The molecule has 4 heteroatoms. The average molecular weight is 320 g/mol. The lowest BCUT2D eigenvalue weighted by Gasteiger charge is -2.10. The Balaban J connectivity index is 2.26. The van der Waals surface area contributed by atoms with Crippen LogP contribution in [0.15, 0.2) is 46.9 Å². The molecule has 0 spiro atoms. The van der Waals surface area contributed by atoms with Crippen LogP contribution in [0.2, 0.25) is 0 Å². The van der Waals surface area contributed by atoms with E-state index in [0.717, 1.165) is 10.0 Å². The number of amides is 1. The van der Waals surface area contributed by atoms with Crippen molar-refractivity contribution in [1.82, 2.24) is 0 Å². The summed E-state index contributed by atoms with van der Waals surface area (Å²) in [6.07, 6.45) is 0. The Morgan fingerprint density at radius 2 is 2.00 bits per heavy atom. The van der Waals surface area contributed by atoms with Crippen molar-refractivity contribution >= 4 is 27.5 Å². The zero-order valence-corrected chi connectivity index (χ0v) is 12.3. The fourth-order valence-electron chi connectivity index (χ4n) is 1.76. The van der Waals surface area contributed by atoms with E-state index in [2.05, 4.69) is 21.2 Å². The Morgan fingerprint density at radius 3 is 2.68 bits per heavy atom. The topological polar surface area (TPSA) is 38.3 Å². The summed E-state index contributed by atoms with van der Waals surface area (Å²) in [5, 5.41) is 2.85. The second kappa shape index (κ2) is 5.89. The normalized spacial score (nSPS) is 10.1. The van der Waals surface area contributed by atoms with E-state index in [9.17, 15) is 4.79 Å². The van der Waals surface area contributed by atoms with Crippen LogP contribution in [0.4, 0.5) is 5.69 Å². The van der Waals surface area contributed by atoms with E-state index in [-0.39, 0.29) is 5.91 Å². The highest BCUT2D eigenvalue weighted by molar-refractivity contribution is 9.10. The monoisotopic (exact) mass is 319 g/mol. The maximum atomic E-state index is 12.2. The molecule has 0 atom stereocenters. The summed E-state index contributed by atoms with van der Waals surface area (Å²) in [6, 6.07) is 12.9. The first-order valence-corrected chi connectivity index (χ1v) is 6.61. The summed E-state index contributed by atoms with van der Waals surface area (Å²) in [5.41, 5.74) is 2.32. The molecule has 0 aromatic heterocycles. The van der Waals surface area contributed by atoms with Gasteiger partial charge in [-0.25, -0.2) is 0 Å². The largest absolute Gasteiger partial charge is 0.495 e. The number of carbonyl (C=O) groups excluding carboxylic acids is 1. The van der Waals surface area contributed by atoms with Crippen LogP contribution in [0.25, 0.3) is 0 Å². The summed E-state index contributed by atoms with van der Waals surface area (Å²) in [7, 11) is 1.57. The van der Waals surface area contributed by atoms with Crippen molar-refractivity contribution in [1.29, 1.82) is 0 Å². The van der Waals surface area contributed by atoms with E-state index < -0.39 is 0 Å². The van der Waals surface area contributed by atoms with Crippen LogP contribution >= 0.6 is 15.9 Å². The summed E-state index contributed by atoms with van der Waals surface area (Å²) in [4.78, 5) is 12.2. The van der Waals surface area contributed by atoms with E-state index in [1.165, 1.54) is 0 Å². The van der Waals surface area contributed by atoms with Crippen molar-refractivity contribution in [2.75, 3.05) is 12.4 Å². The number of carbonyl (C=O) groups is 1. The predicted molar refractivity (Wildman–Crippen MR) is 79.8 cm³/mol. The average Bonchev–Trinajstić information content (AvgIpc) is 2.39. The number of halogens is 1. The fourth-order valence-corrected chi connectivity index (χ4v) is 2.12. The third kappa shape index (κ3) is 3.35. The van der Waals surface area contributed by atoms with Gasteiger partial charge in [0.25, 0.3) is 5.91 Å². The molecule has 2 aromatic rings. The Labute approximate surface area is 120 Å². The first-order valence-electron chi connectivity index (χ1n) is 5.81. The quantitative estimate of drug-likeness (QED) is 0.928. The minimum atomic E-state index is -0.153. The third-order valence-electron chi connectivity index (χ3n) is 2.69. The van der Waals surface area contributed by atoms with Gasteiger partial charge in [0.1, 0.15) is 5.75 Å². The van der Waals surface area contributed by atoms with Gasteiger partial charge in [-0.3, -0.25) is 4.79 Å². The molecule has 1 amide bonds. The van der Waals surface area contributed by atoms with Crippen molar-refractivity contribution in [3.05, 3.63) is 58.1 Å². The Bertz CT molecular complexity index is 611. The van der Waals surface area contributed by atoms with Crippen molar-refractivity contribution < 1.29 is 9.53 Å². The molecule has 0 bridgehead atoms. The molecule has 0 aliphatic carbocycles. The number of benzene rings is 2. The molecule has 2 rings (SSSR count). The van der Waals surface area contributed by atoms with Crippen LogP contribution in [0.1, 0.15) is 15.9 Å².